The molecule has 1 heterocycles. The first-order valence-corrected chi connectivity index (χ1v) is 7.15. The highest BCUT2D eigenvalue weighted by Gasteiger charge is 2.18. The lowest BCUT2D eigenvalue weighted by Crippen LogP contribution is -2.19. The van der Waals surface area contributed by atoms with E-state index in [-0.39, 0.29) is 5.91 Å². The smallest absolute Gasteiger partial charge is 0.254 e. The van der Waals surface area contributed by atoms with Crippen molar-refractivity contribution in [1.82, 2.24) is 10.3 Å². The summed E-state index contributed by atoms with van der Waals surface area (Å²) in [4.78, 5) is 16.6. The second-order valence-electron chi connectivity index (χ2n) is 4.89. The van der Waals surface area contributed by atoms with E-state index in [1.807, 2.05) is 48.5 Å². The molecule has 3 rings (SSSR count). The average molecular weight is 308 g/mol. The third-order valence-electron chi connectivity index (χ3n) is 3.43. The van der Waals surface area contributed by atoms with Gasteiger partial charge in [-0.05, 0) is 18.2 Å². The van der Waals surface area contributed by atoms with E-state index in [4.69, 9.17) is 9.15 Å². The Morgan fingerprint density at radius 2 is 1.96 bits per heavy atom. The number of hydrogen-bond acceptors (Lipinski definition) is 4. The number of amides is 1. The minimum Gasteiger partial charge on any atom is -0.504 e. The summed E-state index contributed by atoms with van der Waals surface area (Å²) in [5.41, 5.74) is 3.15. The van der Waals surface area contributed by atoms with Crippen LogP contribution in [0.1, 0.15) is 5.56 Å². The van der Waals surface area contributed by atoms with Gasteiger partial charge in [0.15, 0.2) is 5.58 Å². The van der Waals surface area contributed by atoms with Gasteiger partial charge in [0, 0.05) is 18.2 Å². The lowest BCUT2D eigenvalue weighted by molar-refractivity contribution is -0.115. The molecule has 2 aromatic carbocycles. The summed E-state index contributed by atoms with van der Waals surface area (Å²) >= 11 is 0. The molecule has 0 aliphatic carbocycles. The Morgan fingerprint density at radius 1 is 1.17 bits per heavy atom. The first-order valence-electron chi connectivity index (χ1n) is 7.15. The van der Waals surface area contributed by atoms with E-state index < -0.39 is 0 Å². The molecule has 1 aromatic heterocycles. The monoisotopic (exact) mass is 308 g/mol. The van der Waals surface area contributed by atoms with Crippen molar-refractivity contribution in [2.75, 3.05) is 14.2 Å². The third kappa shape index (κ3) is 2.81. The van der Waals surface area contributed by atoms with Gasteiger partial charge in [-0.25, -0.2) is 4.98 Å². The van der Waals surface area contributed by atoms with Crippen molar-refractivity contribution in [3.05, 3.63) is 60.4 Å². The Labute approximate surface area is 133 Å². The zero-order valence-electron chi connectivity index (χ0n) is 12.9. The molecule has 0 unspecified atom stereocenters. The predicted octanol–water partition coefficient (Wildman–Crippen LogP) is 3.23. The second-order valence-corrected chi connectivity index (χ2v) is 4.89. The molecule has 0 fully saturated rings. The van der Waals surface area contributed by atoms with Crippen LogP contribution < -0.4 is 5.32 Å². The molecule has 0 aliphatic rings. The molecule has 0 saturated carbocycles. The molecule has 116 valence electrons. The molecule has 0 bridgehead atoms. The number of para-hydroxylation sites is 1. The van der Waals surface area contributed by atoms with Gasteiger partial charge in [0.05, 0.1) is 18.9 Å². The number of methoxy groups -OCH3 is 1. The highest BCUT2D eigenvalue weighted by atomic mass is 16.5. The van der Waals surface area contributed by atoms with Crippen LogP contribution in [0.4, 0.5) is 0 Å². The van der Waals surface area contributed by atoms with Crippen molar-refractivity contribution < 1.29 is 13.9 Å². The van der Waals surface area contributed by atoms with Crippen LogP contribution in [0.3, 0.4) is 0 Å². The SMILES string of the molecule is CNC(=O)/C(=C/OC)c1cccc2nc(-c3ccccc3)oc12. The standard InChI is InChI=1S/C18H16N2O3/c1-19-17(21)14(11-22-2)13-9-6-10-15-16(13)23-18(20-15)12-7-4-3-5-8-12/h3-11H,1-2H3,(H,19,21)/b14-11+. The van der Waals surface area contributed by atoms with Crippen molar-refractivity contribution in [2.45, 2.75) is 0 Å². The van der Waals surface area contributed by atoms with Crippen molar-refractivity contribution in [2.24, 2.45) is 0 Å². The summed E-state index contributed by atoms with van der Waals surface area (Å²) in [6, 6.07) is 15.1. The first kappa shape index (κ1) is 14.8. The van der Waals surface area contributed by atoms with Gasteiger partial charge in [-0.3, -0.25) is 4.79 Å². The van der Waals surface area contributed by atoms with Crippen molar-refractivity contribution in [1.29, 1.82) is 0 Å². The fourth-order valence-electron chi connectivity index (χ4n) is 2.36. The van der Waals surface area contributed by atoms with Crippen molar-refractivity contribution in [3.63, 3.8) is 0 Å². The van der Waals surface area contributed by atoms with Crippen LogP contribution in [0.2, 0.25) is 0 Å². The lowest BCUT2D eigenvalue weighted by Gasteiger charge is -2.06. The zero-order chi connectivity index (χ0) is 16.2. The molecule has 1 amide bonds. The maximum Gasteiger partial charge on any atom is 0.254 e. The number of hydrogen-bond donors (Lipinski definition) is 1. The molecular formula is C18H16N2O3. The van der Waals surface area contributed by atoms with Crippen LogP contribution in [0.15, 0.2) is 59.2 Å². The molecule has 5 nitrogen and oxygen atoms in total. The Morgan fingerprint density at radius 3 is 2.65 bits per heavy atom. The van der Waals surface area contributed by atoms with E-state index >= 15 is 0 Å². The summed E-state index contributed by atoms with van der Waals surface area (Å²) in [5.74, 6) is 0.263. The summed E-state index contributed by atoms with van der Waals surface area (Å²) in [5, 5.41) is 2.60. The van der Waals surface area contributed by atoms with Gasteiger partial charge in [0.1, 0.15) is 5.52 Å². The first-order chi connectivity index (χ1) is 11.2. The fraction of sp³-hybridized carbons (Fsp3) is 0.111. The lowest BCUT2D eigenvalue weighted by atomic mass is 10.1. The number of carbonyl (C=O) groups is 1. The summed E-state index contributed by atoms with van der Waals surface area (Å²) < 4.78 is 11.0. The fourth-order valence-corrected chi connectivity index (χ4v) is 2.36. The molecule has 23 heavy (non-hydrogen) atoms. The number of aromatic nitrogens is 1. The predicted molar refractivity (Wildman–Crippen MR) is 88.5 cm³/mol. The Balaban J connectivity index is 2.17. The zero-order valence-corrected chi connectivity index (χ0v) is 12.9. The van der Waals surface area contributed by atoms with Crippen molar-refractivity contribution in [3.8, 4) is 11.5 Å². The normalized spacial score (nSPS) is 11.5. The average Bonchev–Trinajstić information content (AvgIpc) is 3.04. The van der Waals surface area contributed by atoms with Crippen LogP contribution in [-0.4, -0.2) is 25.0 Å². The number of benzene rings is 2. The van der Waals surface area contributed by atoms with Gasteiger partial charge >= 0.3 is 0 Å². The largest absolute Gasteiger partial charge is 0.504 e. The minimum absolute atomic E-state index is 0.253. The van der Waals surface area contributed by atoms with Gasteiger partial charge in [0.25, 0.3) is 5.91 Å². The van der Waals surface area contributed by atoms with Crippen LogP contribution in [-0.2, 0) is 9.53 Å². The van der Waals surface area contributed by atoms with E-state index in [0.29, 0.717) is 28.1 Å². The van der Waals surface area contributed by atoms with Crippen LogP contribution in [0.25, 0.3) is 28.1 Å². The number of rotatable bonds is 4. The van der Waals surface area contributed by atoms with E-state index in [0.717, 1.165) is 5.56 Å². The molecule has 0 aliphatic heterocycles. The van der Waals surface area contributed by atoms with E-state index in [9.17, 15) is 4.79 Å². The molecule has 0 radical (unpaired) electrons. The van der Waals surface area contributed by atoms with E-state index in [2.05, 4.69) is 10.3 Å². The highest BCUT2D eigenvalue weighted by molar-refractivity contribution is 6.21. The Kier molecular flexibility index (Phi) is 4.10. The van der Waals surface area contributed by atoms with Gasteiger partial charge in [-0.15, -0.1) is 0 Å². The van der Waals surface area contributed by atoms with Gasteiger partial charge in [-0.1, -0.05) is 30.3 Å². The Bertz CT molecular complexity index is 866. The van der Waals surface area contributed by atoms with Gasteiger partial charge in [0.2, 0.25) is 5.89 Å². The topological polar surface area (TPSA) is 64.4 Å². The number of likely N-dealkylation sites (N-methyl/N-ethyl adjacent to an activating group) is 1. The minimum atomic E-state index is -0.253. The molecule has 0 spiro atoms. The molecule has 1 N–H and O–H groups in total. The maximum absolute atomic E-state index is 12.1. The molecule has 5 heteroatoms. The molecular weight excluding hydrogens is 292 g/mol. The van der Waals surface area contributed by atoms with Crippen LogP contribution in [0.5, 0.6) is 0 Å². The Hall–Kier alpha value is -3.08. The third-order valence-corrected chi connectivity index (χ3v) is 3.43. The number of oxazole rings is 1. The number of carbonyl (C=O) groups excluding carboxylic acids is 1. The van der Waals surface area contributed by atoms with E-state index in [1.54, 1.807) is 7.05 Å². The number of fused-ring (bicyclic) bond motifs is 1. The van der Waals surface area contributed by atoms with E-state index in [1.165, 1.54) is 13.4 Å². The van der Waals surface area contributed by atoms with Gasteiger partial charge < -0.3 is 14.5 Å². The second kappa shape index (κ2) is 6.36. The van der Waals surface area contributed by atoms with Crippen molar-refractivity contribution >= 4 is 22.6 Å². The summed E-state index contributed by atoms with van der Waals surface area (Å²) in [7, 11) is 3.07. The molecule has 0 saturated heterocycles. The number of nitrogens with one attached hydrogen (secondary N) is 1. The van der Waals surface area contributed by atoms with Gasteiger partial charge in [-0.2, -0.15) is 0 Å². The summed E-state index contributed by atoms with van der Waals surface area (Å²) in [6.07, 6.45) is 1.40. The number of ether oxygens (including phenoxy) is 1. The highest BCUT2D eigenvalue weighted by Crippen LogP contribution is 2.30. The summed E-state index contributed by atoms with van der Waals surface area (Å²) in [6.45, 7) is 0. The quantitative estimate of drug-likeness (QED) is 0.593. The molecule has 0 atom stereocenters. The van der Waals surface area contributed by atoms with Crippen LogP contribution >= 0.6 is 0 Å². The molecule has 3 aromatic rings. The number of nitrogens with zero attached hydrogens (tertiary/aromatic N) is 1. The van der Waals surface area contributed by atoms with Crippen LogP contribution in [0, 0.1) is 0 Å². The maximum atomic E-state index is 12.1.